The van der Waals surface area contributed by atoms with Crippen molar-refractivity contribution in [2.24, 2.45) is 11.7 Å². The van der Waals surface area contributed by atoms with Gasteiger partial charge < -0.3 is 10.6 Å². The SMILES string of the molecule is CC(N)C1CCCN(C(=O)c2ccc(CSc3ccccc3)cc2)C1.Cl. The molecular formula is C21H27ClN2OS. The molecule has 26 heavy (non-hydrogen) atoms. The average molecular weight is 391 g/mol. The Labute approximate surface area is 166 Å². The Morgan fingerprint density at radius 1 is 1.19 bits per heavy atom. The fourth-order valence-corrected chi connectivity index (χ4v) is 4.11. The number of hydrogen-bond acceptors (Lipinski definition) is 3. The van der Waals surface area contributed by atoms with Crippen molar-refractivity contribution in [2.75, 3.05) is 13.1 Å². The number of amides is 1. The molecule has 0 spiro atoms. The lowest BCUT2D eigenvalue weighted by atomic mass is 9.92. The number of nitrogens with zero attached hydrogens (tertiary/aromatic N) is 1. The highest BCUT2D eigenvalue weighted by Gasteiger charge is 2.26. The van der Waals surface area contributed by atoms with E-state index in [1.165, 1.54) is 10.5 Å². The van der Waals surface area contributed by atoms with Crippen LogP contribution in [0.2, 0.25) is 0 Å². The third-order valence-corrected chi connectivity index (χ3v) is 5.92. The largest absolute Gasteiger partial charge is 0.338 e. The minimum atomic E-state index is 0. The summed E-state index contributed by atoms with van der Waals surface area (Å²) in [6, 6.07) is 18.6. The third-order valence-electron chi connectivity index (χ3n) is 4.84. The van der Waals surface area contributed by atoms with Crippen LogP contribution in [0.4, 0.5) is 0 Å². The predicted molar refractivity (Wildman–Crippen MR) is 112 cm³/mol. The first kappa shape index (κ1) is 20.8. The number of piperidine rings is 1. The first-order valence-corrected chi connectivity index (χ1v) is 9.93. The zero-order valence-electron chi connectivity index (χ0n) is 15.1. The van der Waals surface area contributed by atoms with Crippen LogP contribution in [0.15, 0.2) is 59.5 Å². The Bertz CT molecular complexity index is 691. The summed E-state index contributed by atoms with van der Waals surface area (Å²) in [6.45, 7) is 3.66. The van der Waals surface area contributed by atoms with Crippen molar-refractivity contribution >= 4 is 30.1 Å². The maximum absolute atomic E-state index is 12.7. The lowest BCUT2D eigenvalue weighted by molar-refractivity contribution is 0.0661. The molecule has 0 aromatic heterocycles. The van der Waals surface area contributed by atoms with E-state index in [-0.39, 0.29) is 24.4 Å². The van der Waals surface area contributed by atoms with Gasteiger partial charge in [-0.2, -0.15) is 0 Å². The van der Waals surface area contributed by atoms with Crippen molar-refractivity contribution < 1.29 is 4.79 Å². The second-order valence-corrected chi connectivity index (χ2v) is 7.86. The van der Waals surface area contributed by atoms with Crippen LogP contribution in [0, 0.1) is 5.92 Å². The maximum Gasteiger partial charge on any atom is 0.253 e. The summed E-state index contributed by atoms with van der Waals surface area (Å²) in [6.07, 6.45) is 2.17. The molecule has 2 N–H and O–H groups in total. The molecule has 1 aliphatic heterocycles. The van der Waals surface area contributed by atoms with Crippen molar-refractivity contribution in [3.8, 4) is 0 Å². The van der Waals surface area contributed by atoms with Crippen LogP contribution in [0.5, 0.6) is 0 Å². The molecule has 5 heteroatoms. The van der Waals surface area contributed by atoms with Crippen LogP contribution in [-0.4, -0.2) is 29.9 Å². The van der Waals surface area contributed by atoms with E-state index in [4.69, 9.17) is 5.73 Å². The number of thioether (sulfide) groups is 1. The van der Waals surface area contributed by atoms with Gasteiger partial charge in [-0.05, 0) is 55.5 Å². The lowest BCUT2D eigenvalue weighted by Crippen LogP contribution is -2.45. The zero-order valence-corrected chi connectivity index (χ0v) is 16.8. The van der Waals surface area contributed by atoms with Crippen LogP contribution >= 0.6 is 24.2 Å². The van der Waals surface area contributed by atoms with E-state index in [0.717, 1.165) is 37.2 Å². The summed E-state index contributed by atoms with van der Waals surface area (Å²) >= 11 is 1.81. The van der Waals surface area contributed by atoms with E-state index in [1.54, 1.807) is 0 Å². The highest BCUT2D eigenvalue weighted by atomic mass is 35.5. The first-order valence-electron chi connectivity index (χ1n) is 8.95. The molecular weight excluding hydrogens is 364 g/mol. The second kappa shape index (κ2) is 10.0. The molecule has 140 valence electrons. The van der Waals surface area contributed by atoms with Gasteiger partial charge in [0, 0.05) is 35.3 Å². The molecule has 1 fully saturated rings. The van der Waals surface area contributed by atoms with Gasteiger partial charge in [-0.3, -0.25) is 4.79 Å². The van der Waals surface area contributed by atoms with E-state index in [2.05, 4.69) is 36.4 Å². The molecule has 0 radical (unpaired) electrons. The predicted octanol–water partition coefficient (Wildman–Crippen LogP) is 4.60. The quantitative estimate of drug-likeness (QED) is 0.759. The van der Waals surface area contributed by atoms with Crippen molar-refractivity contribution in [1.82, 2.24) is 4.90 Å². The van der Waals surface area contributed by atoms with Gasteiger partial charge in [-0.15, -0.1) is 24.2 Å². The summed E-state index contributed by atoms with van der Waals surface area (Å²) < 4.78 is 0. The number of carbonyl (C=O) groups is 1. The van der Waals surface area contributed by atoms with E-state index in [0.29, 0.717) is 5.92 Å². The maximum atomic E-state index is 12.7. The van der Waals surface area contributed by atoms with Gasteiger partial charge in [0.05, 0.1) is 0 Å². The lowest BCUT2D eigenvalue weighted by Gasteiger charge is -2.34. The van der Waals surface area contributed by atoms with Crippen molar-refractivity contribution in [2.45, 2.75) is 36.5 Å². The van der Waals surface area contributed by atoms with Gasteiger partial charge in [-0.25, -0.2) is 0 Å². The minimum Gasteiger partial charge on any atom is -0.338 e. The van der Waals surface area contributed by atoms with E-state index in [1.807, 2.05) is 41.8 Å². The number of hydrogen-bond donors (Lipinski definition) is 1. The van der Waals surface area contributed by atoms with Crippen LogP contribution in [0.3, 0.4) is 0 Å². The fraction of sp³-hybridized carbons (Fsp3) is 0.381. The van der Waals surface area contributed by atoms with Gasteiger partial charge >= 0.3 is 0 Å². The Morgan fingerprint density at radius 2 is 1.88 bits per heavy atom. The summed E-state index contributed by atoms with van der Waals surface area (Å²) in [5, 5.41) is 0. The van der Waals surface area contributed by atoms with Gasteiger partial charge in [0.1, 0.15) is 0 Å². The Balaban J connectivity index is 0.00000243. The molecule has 2 unspecified atom stereocenters. The standard InChI is InChI=1S/C21H26N2OS.ClH/c1-16(22)19-6-5-13-23(14-19)21(24)18-11-9-17(10-12-18)15-25-20-7-3-2-4-8-20;/h2-4,7-12,16,19H,5-6,13-15,22H2,1H3;1H. The number of nitrogens with two attached hydrogens (primary N) is 1. The van der Waals surface area contributed by atoms with E-state index < -0.39 is 0 Å². The highest BCUT2D eigenvalue weighted by Crippen LogP contribution is 2.24. The summed E-state index contributed by atoms with van der Waals surface area (Å²) in [5.41, 5.74) is 8.04. The Morgan fingerprint density at radius 3 is 2.54 bits per heavy atom. The normalized spacial score (nSPS) is 18.1. The van der Waals surface area contributed by atoms with Crippen LogP contribution in [0.1, 0.15) is 35.7 Å². The zero-order chi connectivity index (χ0) is 17.6. The molecule has 3 rings (SSSR count). The van der Waals surface area contributed by atoms with Crippen LogP contribution in [0.25, 0.3) is 0 Å². The summed E-state index contributed by atoms with van der Waals surface area (Å²) in [5.74, 6) is 1.46. The monoisotopic (exact) mass is 390 g/mol. The molecule has 1 aliphatic rings. The smallest absolute Gasteiger partial charge is 0.253 e. The minimum absolute atomic E-state index is 0. The molecule has 0 bridgehead atoms. The molecule has 1 saturated heterocycles. The molecule has 2 atom stereocenters. The Hall–Kier alpha value is -1.49. The average Bonchev–Trinajstić information content (AvgIpc) is 2.67. The number of carbonyl (C=O) groups excluding carboxylic acids is 1. The summed E-state index contributed by atoms with van der Waals surface area (Å²) in [4.78, 5) is 16.0. The van der Waals surface area contributed by atoms with Crippen molar-refractivity contribution in [3.05, 3.63) is 65.7 Å². The molecule has 3 nitrogen and oxygen atoms in total. The highest BCUT2D eigenvalue weighted by molar-refractivity contribution is 7.98. The van der Waals surface area contributed by atoms with Crippen LogP contribution < -0.4 is 5.73 Å². The molecule has 0 saturated carbocycles. The second-order valence-electron chi connectivity index (χ2n) is 6.81. The fourth-order valence-electron chi connectivity index (χ4n) is 3.23. The molecule has 2 aromatic carbocycles. The van der Waals surface area contributed by atoms with E-state index >= 15 is 0 Å². The molecule has 2 aromatic rings. The molecule has 0 aliphatic carbocycles. The van der Waals surface area contributed by atoms with Gasteiger partial charge in [0.25, 0.3) is 5.91 Å². The number of benzene rings is 2. The number of rotatable bonds is 5. The topological polar surface area (TPSA) is 46.3 Å². The molecule has 1 amide bonds. The van der Waals surface area contributed by atoms with E-state index in [9.17, 15) is 4.79 Å². The van der Waals surface area contributed by atoms with Crippen molar-refractivity contribution in [3.63, 3.8) is 0 Å². The number of halogens is 1. The first-order chi connectivity index (χ1) is 12.1. The third kappa shape index (κ3) is 5.50. The van der Waals surface area contributed by atoms with Gasteiger partial charge in [0.2, 0.25) is 0 Å². The molecule has 1 heterocycles. The Kier molecular flexibility index (Phi) is 8.01. The van der Waals surface area contributed by atoms with Crippen molar-refractivity contribution in [1.29, 1.82) is 0 Å². The van der Waals surface area contributed by atoms with Gasteiger partial charge in [0.15, 0.2) is 0 Å². The summed E-state index contributed by atoms with van der Waals surface area (Å²) in [7, 11) is 0. The van der Waals surface area contributed by atoms with Crippen LogP contribution in [-0.2, 0) is 5.75 Å². The van der Waals surface area contributed by atoms with Gasteiger partial charge in [-0.1, -0.05) is 30.3 Å². The number of likely N-dealkylation sites (tertiary alicyclic amines) is 1.